The van der Waals surface area contributed by atoms with Crippen molar-refractivity contribution in [3.63, 3.8) is 0 Å². The number of benzene rings is 1. The minimum absolute atomic E-state index is 0. The average molecular weight is 471 g/mol. The Hall–Kier alpha value is -3.79. The molecule has 172 valence electrons. The molecule has 0 saturated carbocycles. The fourth-order valence-electron chi connectivity index (χ4n) is 3.64. The summed E-state index contributed by atoms with van der Waals surface area (Å²) in [5.41, 5.74) is 0.835. The number of rotatable bonds is 3. The molecule has 1 aromatic carbocycles. The van der Waals surface area contributed by atoms with Gasteiger partial charge in [-0.05, 0) is 24.3 Å². The van der Waals surface area contributed by atoms with E-state index < -0.39 is 5.97 Å². The minimum Gasteiger partial charge on any atom is -0.486 e. The van der Waals surface area contributed by atoms with Crippen LogP contribution in [0.5, 0.6) is 11.5 Å². The number of hydrogen-bond donors (Lipinski definition) is 2. The second-order valence-corrected chi connectivity index (χ2v) is 7.36. The Bertz CT molecular complexity index is 1100. The molecule has 0 atom stereocenters. The van der Waals surface area contributed by atoms with E-state index in [0.29, 0.717) is 68.2 Å². The number of aromatic nitrogens is 1. The second-order valence-electron chi connectivity index (χ2n) is 7.36. The zero-order valence-corrected chi connectivity index (χ0v) is 18.5. The Morgan fingerprint density at radius 3 is 2.67 bits per heavy atom. The third kappa shape index (κ3) is 4.85. The molecule has 1 aromatic heterocycles. The molecule has 2 N–H and O–H groups in total. The molecule has 4 heterocycles. The van der Waals surface area contributed by atoms with Gasteiger partial charge >= 0.3 is 5.97 Å². The standard InChI is InChI=1S/C22H22N6O4.ClH/c23-22(26-18-6-1-2-7-24-18)28-10-8-27(9-11-28)14-16-21(29)32-20(25-16)15-4-3-5-17-19(15)31-13-12-30-17;/h1-7,14H,8-13H2,(H2,23,24,26);1H/b16-14+;. The van der Waals surface area contributed by atoms with Gasteiger partial charge in [-0.1, -0.05) is 12.1 Å². The van der Waals surface area contributed by atoms with Crippen LogP contribution >= 0.6 is 12.4 Å². The van der Waals surface area contributed by atoms with Crippen LogP contribution in [0.1, 0.15) is 5.56 Å². The predicted molar refractivity (Wildman–Crippen MR) is 124 cm³/mol. The molecule has 11 heteroatoms. The van der Waals surface area contributed by atoms with Crippen LogP contribution in [0.4, 0.5) is 5.82 Å². The summed E-state index contributed by atoms with van der Waals surface area (Å²) in [5, 5.41) is 11.3. The Balaban J connectivity index is 0.00000259. The van der Waals surface area contributed by atoms with Gasteiger partial charge < -0.3 is 29.3 Å². The predicted octanol–water partition coefficient (Wildman–Crippen LogP) is 2.08. The molecule has 33 heavy (non-hydrogen) atoms. The largest absolute Gasteiger partial charge is 0.486 e. The van der Waals surface area contributed by atoms with Gasteiger partial charge in [-0.2, -0.15) is 0 Å². The number of carbonyl (C=O) groups is 1. The molecule has 0 unspecified atom stereocenters. The number of carbonyl (C=O) groups excluding carboxylic acids is 1. The minimum atomic E-state index is -0.499. The van der Waals surface area contributed by atoms with Gasteiger partial charge in [-0.15, -0.1) is 12.4 Å². The Morgan fingerprint density at radius 2 is 1.88 bits per heavy atom. The number of esters is 1. The summed E-state index contributed by atoms with van der Waals surface area (Å²) < 4.78 is 16.7. The van der Waals surface area contributed by atoms with Gasteiger partial charge in [0.25, 0.3) is 0 Å². The zero-order chi connectivity index (χ0) is 21.9. The number of fused-ring (bicyclic) bond motifs is 1. The van der Waals surface area contributed by atoms with E-state index in [9.17, 15) is 4.79 Å². The number of ether oxygens (including phenoxy) is 3. The van der Waals surface area contributed by atoms with Gasteiger partial charge in [0.05, 0.1) is 5.56 Å². The first kappa shape index (κ1) is 22.4. The van der Waals surface area contributed by atoms with Crippen molar-refractivity contribution in [3.8, 4) is 11.5 Å². The van der Waals surface area contributed by atoms with Crippen LogP contribution in [0.3, 0.4) is 0 Å². The quantitative estimate of drug-likeness (QED) is 0.303. The summed E-state index contributed by atoms with van der Waals surface area (Å²) >= 11 is 0. The average Bonchev–Trinajstić information content (AvgIpc) is 3.19. The molecular formula is C22H23ClN6O4. The highest BCUT2D eigenvalue weighted by Crippen LogP contribution is 2.35. The van der Waals surface area contributed by atoms with Crippen molar-refractivity contribution >= 4 is 36.1 Å². The number of pyridine rings is 1. The second kappa shape index (κ2) is 9.78. The molecule has 0 aliphatic carbocycles. The van der Waals surface area contributed by atoms with Crippen molar-refractivity contribution < 1.29 is 19.0 Å². The van der Waals surface area contributed by atoms with Gasteiger partial charge in [-0.3, -0.25) is 5.41 Å². The van der Waals surface area contributed by atoms with Gasteiger partial charge in [-0.25, -0.2) is 14.8 Å². The normalized spacial score (nSPS) is 18.4. The Morgan fingerprint density at radius 1 is 1.06 bits per heavy atom. The highest BCUT2D eigenvalue weighted by Gasteiger charge is 2.30. The number of piperazine rings is 1. The van der Waals surface area contributed by atoms with E-state index in [2.05, 4.69) is 15.3 Å². The zero-order valence-electron chi connectivity index (χ0n) is 17.7. The van der Waals surface area contributed by atoms with Crippen LogP contribution in [-0.4, -0.2) is 72.0 Å². The van der Waals surface area contributed by atoms with Gasteiger partial charge in [0.15, 0.2) is 23.2 Å². The first-order valence-electron chi connectivity index (χ1n) is 10.3. The Labute approximate surface area is 196 Å². The molecule has 0 amide bonds. The van der Waals surface area contributed by atoms with E-state index in [-0.39, 0.29) is 24.0 Å². The lowest BCUT2D eigenvalue weighted by Crippen LogP contribution is -2.48. The first-order valence-corrected chi connectivity index (χ1v) is 10.3. The number of nitrogens with zero attached hydrogens (tertiary/aromatic N) is 4. The summed E-state index contributed by atoms with van der Waals surface area (Å²) in [5.74, 6) is 1.80. The van der Waals surface area contributed by atoms with E-state index in [1.165, 1.54) is 0 Å². The molecule has 0 radical (unpaired) electrons. The smallest absolute Gasteiger partial charge is 0.365 e. The van der Waals surface area contributed by atoms with Crippen molar-refractivity contribution in [1.29, 1.82) is 5.41 Å². The number of aliphatic imine (C=N–C) groups is 1. The summed E-state index contributed by atoms with van der Waals surface area (Å²) in [6, 6.07) is 10.9. The van der Waals surface area contributed by atoms with Crippen molar-refractivity contribution in [1.82, 2.24) is 14.8 Å². The van der Waals surface area contributed by atoms with Crippen molar-refractivity contribution in [2.45, 2.75) is 0 Å². The molecule has 0 spiro atoms. The number of guanidine groups is 1. The van der Waals surface area contributed by atoms with Gasteiger partial charge in [0, 0.05) is 38.6 Å². The number of para-hydroxylation sites is 1. The van der Waals surface area contributed by atoms with E-state index in [1.807, 2.05) is 40.1 Å². The lowest BCUT2D eigenvalue weighted by molar-refractivity contribution is -0.130. The van der Waals surface area contributed by atoms with Crippen molar-refractivity contribution in [2.24, 2.45) is 4.99 Å². The summed E-state index contributed by atoms with van der Waals surface area (Å²) in [6.45, 7) is 3.46. The van der Waals surface area contributed by atoms with Crippen LogP contribution in [0.2, 0.25) is 0 Å². The van der Waals surface area contributed by atoms with E-state index in [1.54, 1.807) is 18.5 Å². The van der Waals surface area contributed by atoms with Gasteiger partial charge in [0.1, 0.15) is 19.0 Å². The molecule has 0 bridgehead atoms. The number of cyclic esters (lactones) is 1. The number of hydrogen-bond acceptors (Lipinski definition) is 8. The highest BCUT2D eigenvalue weighted by atomic mass is 35.5. The van der Waals surface area contributed by atoms with Crippen LogP contribution in [0.15, 0.2) is 59.5 Å². The van der Waals surface area contributed by atoms with E-state index in [0.717, 1.165) is 0 Å². The van der Waals surface area contributed by atoms with Gasteiger partial charge in [0.2, 0.25) is 5.90 Å². The summed E-state index contributed by atoms with van der Waals surface area (Å²) in [6.07, 6.45) is 3.40. The maximum atomic E-state index is 12.4. The first-order chi connectivity index (χ1) is 15.7. The fourth-order valence-corrected chi connectivity index (χ4v) is 3.64. The fraction of sp³-hybridized carbons (Fsp3) is 0.273. The molecule has 3 aliphatic rings. The number of anilines is 1. The molecule has 1 saturated heterocycles. The van der Waals surface area contributed by atoms with E-state index in [4.69, 9.17) is 19.6 Å². The maximum absolute atomic E-state index is 12.4. The maximum Gasteiger partial charge on any atom is 0.365 e. The van der Waals surface area contributed by atoms with Crippen molar-refractivity contribution in [3.05, 3.63) is 60.1 Å². The number of halogens is 1. The third-order valence-corrected chi connectivity index (χ3v) is 5.26. The molecule has 3 aliphatic heterocycles. The van der Waals surface area contributed by atoms with Crippen LogP contribution in [0, 0.1) is 5.41 Å². The molecule has 2 aromatic rings. The monoisotopic (exact) mass is 470 g/mol. The Kier molecular flexibility index (Phi) is 6.64. The van der Waals surface area contributed by atoms with E-state index >= 15 is 0 Å². The number of nitrogens with one attached hydrogen (secondary N) is 2. The van der Waals surface area contributed by atoms with Crippen molar-refractivity contribution in [2.75, 3.05) is 44.7 Å². The SMILES string of the molecule is Cl.N=C(Nc1ccccn1)N1CCN(/C=C2/N=C(c3cccc4c3OCCO4)OC2=O)CC1. The van der Waals surface area contributed by atoms with Crippen LogP contribution < -0.4 is 14.8 Å². The summed E-state index contributed by atoms with van der Waals surface area (Å²) in [7, 11) is 0. The topological polar surface area (TPSA) is 112 Å². The van der Waals surface area contributed by atoms with Crippen LogP contribution in [-0.2, 0) is 9.53 Å². The highest BCUT2D eigenvalue weighted by molar-refractivity contribution is 6.12. The molecular weight excluding hydrogens is 448 g/mol. The third-order valence-electron chi connectivity index (χ3n) is 5.26. The van der Waals surface area contributed by atoms with Crippen LogP contribution in [0.25, 0.3) is 0 Å². The summed E-state index contributed by atoms with van der Waals surface area (Å²) in [4.78, 5) is 24.9. The molecule has 1 fully saturated rings. The molecule has 10 nitrogen and oxygen atoms in total. The lowest BCUT2D eigenvalue weighted by Gasteiger charge is -2.35. The molecule has 5 rings (SSSR count). The lowest BCUT2D eigenvalue weighted by atomic mass is 10.1.